The van der Waals surface area contributed by atoms with E-state index in [1.54, 1.807) is 24.4 Å². The summed E-state index contributed by atoms with van der Waals surface area (Å²) in [7, 11) is 0. The number of allylic oxidation sites excluding steroid dienone is 1. The van der Waals surface area contributed by atoms with Crippen molar-refractivity contribution in [2.24, 2.45) is 4.99 Å². The quantitative estimate of drug-likeness (QED) is 0.0350. The molecule has 4 nitrogen and oxygen atoms in total. The van der Waals surface area contributed by atoms with Crippen LogP contribution in [0.4, 0.5) is 37.7 Å². The van der Waals surface area contributed by atoms with Crippen LogP contribution in [-0.2, 0) is 12.7 Å². The second-order valence-electron chi connectivity index (χ2n) is 10.0. The number of thioether (sulfide) groups is 1. The van der Waals surface area contributed by atoms with Crippen LogP contribution in [0, 0.1) is 30.9 Å². The molecule has 0 atom stereocenters. The zero-order valence-corrected chi connectivity index (χ0v) is 26.6. The van der Waals surface area contributed by atoms with Crippen molar-refractivity contribution in [2.45, 2.75) is 24.5 Å². The second-order valence-corrected chi connectivity index (χ2v) is 10.9. The molecule has 238 valence electrons. The second kappa shape index (κ2) is 14.7. The Balaban J connectivity index is 0.00000300. The van der Waals surface area contributed by atoms with E-state index in [9.17, 15) is 31.1 Å². The molecule has 1 N–H and O–H groups in total. The molecule has 0 fully saturated rings. The molecule has 2 heterocycles. The summed E-state index contributed by atoms with van der Waals surface area (Å²) in [6.07, 6.45) is -1.67. The number of alkyl halides is 3. The number of hydrogen-bond acceptors (Lipinski definition) is 4. The maximum atomic E-state index is 14.9. The van der Waals surface area contributed by atoms with Crippen molar-refractivity contribution in [3.05, 3.63) is 132 Å². The maximum Gasteiger partial charge on any atom is 1.00 e. The van der Waals surface area contributed by atoms with Gasteiger partial charge in [-0.15, -0.1) is 17.3 Å². The molecule has 0 saturated carbocycles. The van der Waals surface area contributed by atoms with Crippen LogP contribution in [0.2, 0.25) is 0 Å². The van der Waals surface area contributed by atoms with Crippen LogP contribution in [0.5, 0.6) is 0 Å². The third-order valence-electron chi connectivity index (χ3n) is 7.22. The first kappa shape index (κ1) is 37.3. The van der Waals surface area contributed by atoms with Crippen LogP contribution < -0.4 is 24.2 Å². The van der Waals surface area contributed by atoms with Gasteiger partial charge in [0.15, 0.2) is 11.6 Å². The number of benzene rings is 3. The van der Waals surface area contributed by atoms with E-state index >= 15 is 0 Å². The Bertz CT molecular complexity index is 1990. The molecule has 0 aliphatic heterocycles. The molecular weight excluding hydrogens is 631 g/mol. The molecule has 0 aliphatic carbocycles. The number of hydrogen-bond donors (Lipinski definition) is 1. The fourth-order valence-corrected chi connectivity index (χ4v) is 5.67. The summed E-state index contributed by atoms with van der Waals surface area (Å²) in [5.74, 6) is -3.76. The van der Waals surface area contributed by atoms with Crippen molar-refractivity contribution >= 4 is 46.7 Å². The minimum absolute atomic E-state index is 0. The van der Waals surface area contributed by atoms with Gasteiger partial charge in [-0.25, -0.2) is 24.9 Å². The minimum Gasteiger partial charge on any atom is -0.485 e. The Hall–Kier alpha value is -4.17. The number of fused-ring (bicyclic) bond motifs is 1. The van der Waals surface area contributed by atoms with E-state index in [1.165, 1.54) is 54.0 Å². The first-order valence-corrected chi connectivity index (χ1v) is 14.5. The summed E-state index contributed by atoms with van der Waals surface area (Å²) < 4.78 is 87.4. The molecule has 0 spiro atoms. The molecule has 0 bridgehead atoms. The van der Waals surface area contributed by atoms with Gasteiger partial charge >= 0.3 is 25.0 Å². The summed E-state index contributed by atoms with van der Waals surface area (Å²) in [5, 5.41) is 2.92. The van der Waals surface area contributed by atoms with Gasteiger partial charge in [0.25, 0.3) is 0 Å². The SMILES string of the molecule is [CH-]=Nc1[c-]cc(C(F)(F)F)c(-c2cccn3c(C(=O)c4ccc(NCc5c(F)c(F)c(SC)c(F)c5C(=C)C)cc4)ccc23)c1.[CH3-].[Li+]. The smallest absolute Gasteiger partial charge is 0.485 e. The van der Waals surface area contributed by atoms with Gasteiger partial charge < -0.3 is 22.1 Å². The number of aliphatic imine (C=N–C) groups is 1. The van der Waals surface area contributed by atoms with E-state index in [1.807, 2.05) is 0 Å². The summed E-state index contributed by atoms with van der Waals surface area (Å²) in [4.78, 5) is 16.5. The number of ketones is 1. The number of nitrogens with zero attached hydrogens (tertiary/aromatic N) is 2. The zero-order valence-electron chi connectivity index (χ0n) is 25.8. The molecular formula is C35H26F6LiN3OS-2. The number of aromatic nitrogens is 1. The van der Waals surface area contributed by atoms with Crippen LogP contribution in [-0.4, -0.2) is 23.2 Å². The molecule has 3 aromatic carbocycles. The number of carbonyl (C=O) groups excluding carboxylic acids is 1. The number of rotatable bonds is 9. The van der Waals surface area contributed by atoms with Gasteiger partial charge in [-0.05, 0) is 72.3 Å². The minimum atomic E-state index is -4.68. The Morgan fingerprint density at radius 1 is 1.04 bits per heavy atom. The number of carbonyl (C=O) groups is 1. The van der Waals surface area contributed by atoms with E-state index < -0.39 is 39.9 Å². The third kappa shape index (κ3) is 7.08. The molecule has 0 amide bonds. The Labute approximate surface area is 284 Å². The van der Waals surface area contributed by atoms with E-state index in [-0.39, 0.29) is 77.6 Å². The number of nitrogens with one attached hydrogen (secondary N) is 1. The van der Waals surface area contributed by atoms with E-state index in [4.69, 9.17) is 6.72 Å². The maximum absolute atomic E-state index is 14.9. The predicted molar refractivity (Wildman–Crippen MR) is 171 cm³/mol. The summed E-state index contributed by atoms with van der Waals surface area (Å²) >= 11 is 0.757. The van der Waals surface area contributed by atoms with Crippen LogP contribution >= 0.6 is 11.8 Å². The summed E-state index contributed by atoms with van der Waals surface area (Å²) in [6.45, 7) is 10.2. The van der Waals surface area contributed by atoms with Gasteiger partial charge in [0, 0.05) is 35.1 Å². The van der Waals surface area contributed by atoms with Gasteiger partial charge in [0.05, 0.1) is 16.1 Å². The van der Waals surface area contributed by atoms with Crippen molar-refractivity contribution in [1.82, 2.24) is 4.40 Å². The predicted octanol–water partition coefficient (Wildman–Crippen LogP) is 7.10. The molecule has 0 radical (unpaired) electrons. The molecule has 2 aromatic heterocycles. The normalized spacial score (nSPS) is 11.1. The summed E-state index contributed by atoms with van der Waals surface area (Å²) in [6, 6.07) is 16.6. The van der Waals surface area contributed by atoms with E-state index in [0.717, 1.165) is 17.8 Å². The fraction of sp³-hybridized carbons (Fsp3) is 0.114. The number of anilines is 1. The van der Waals surface area contributed by atoms with Crippen molar-refractivity contribution in [3.63, 3.8) is 0 Å². The first-order valence-electron chi connectivity index (χ1n) is 13.3. The number of pyridine rings is 1. The van der Waals surface area contributed by atoms with Gasteiger partial charge in [-0.3, -0.25) is 10.9 Å². The largest absolute Gasteiger partial charge is 1.00 e. The third-order valence-corrected chi connectivity index (χ3v) is 7.99. The van der Waals surface area contributed by atoms with Crippen molar-refractivity contribution < 1.29 is 50.0 Å². The van der Waals surface area contributed by atoms with Crippen LogP contribution in [0.3, 0.4) is 0 Å². The molecule has 0 aliphatic rings. The molecule has 5 rings (SSSR count). The van der Waals surface area contributed by atoms with Crippen LogP contribution in [0.25, 0.3) is 22.2 Å². The van der Waals surface area contributed by atoms with Crippen molar-refractivity contribution in [2.75, 3.05) is 11.6 Å². The van der Waals surface area contributed by atoms with Crippen LogP contribution in [0.1, 0.15) is 39.7 Å². The van der Waals surface area contributed by atoms with E-state index in [0.29, 0.717) is 11.2 Å². The summed E-state index contributed by atoms with van der Waals surface area (Å²) in [5.41, 5.74) is 0.291. The molecule has 0 saturated heterocycles. The Kier molecular flexibility index (Phi) is 11.7. The van der Waals surface area contributed by atoms with E-state index in [2.05, 4.69) is 23.0 Å². The molecule has 47 heavy (non-hydrogen) atoms. The monoisotopic (exact) mass is 657 g/mol. The number of halogens is 6. The van der Waals surface area contributed by atoms with Gasteiger partial charge in [0.2, 0.25) is 5.78 Å². The zero-order chi connectivity index (χ0) is 32.6. The average molecular weight is 658 g/mol. The van der Waals surface area contributed by atoms with Crippen molar-refractivity contribution in [1.29, 1.82) is 0 Å². The van der Waals surface area contributed by atoms with Crippen LogP contribution in [0.15, 0.2) is 83.3 Å². The first-order chi connectivity index (χ1) is 21.4. The molecule has 5 aromatic rings. The molecule has 0 unspecified atom stereocenters. The average Bonchev–Trinajstić information content (AvgIpc) is 3.45. The Morgan fingerprint density at radius 2 is 1.72 bits per heavy atom. The Morgan fingerprint density at radius 3 is 2.32 bits per heavy atom. The van der Waals surface area contributed by atoms with Gasteiger partial charge in [-0.1, -0.05) is 12.6 Å². The van der Waals surface area contributed by atoms with Gasteiger partial charge in [0.1, 0.15) is 5.82 Å². The fourth-order valence-electron chi connectivity index (χ4n) is 5.12. The standard InChI is InChI=1S/C34H23F6N3OS.CH3.Li/c1-18(2)28-24(29(35)31(37)33(45-4)30(28)36)17-42-20-9-7-19(8-10-20)32(44)27-14-13-26-22(6-5-15-43(26)27)23-16-21(41-3)11-12-25(23)34(38,39)40;;/h3,5-10,12-16,42H,1,17H2,2,4H3;1H3;/q-2;-1;+1. The topological polar surface area (TPSA) is 45.9 Å². The van der Waals surface area contributed by atoms with Gasteiger partial charge in [-0.2, -0.15) is 26.0 Å². The molecule has 12 heteroatoms. The van der Waals surface area contributed by atoms with Crippen molar-refractivity contribution in [3.8, 4) is 11.1 Å².